The molecule has 166 valence electrons. The zero-order valence-electron chi connectivity index (χ0n) is 16.5. The molecule has 30 heavy (non-hydrogen) atoms. The third kappa shape index (κ3) is 4.91. The van der Waals surface area contributed by atoms with Crippen LogP contribution in [0.15, 0.2) is 18.2 Å². The first-order valence-corrected chi connectivity index (χ1v) is 9.88. The molecule has 0 radical (unpaired) electrons. The molecule has 0 saturated heterocycles. The van der Waals surface area contributed by atoms with Crippen molar-refractivity contribution >= 4 is 16.9 Å². The monoisotopic (exact) mass is 432 g/mol. The Morgan fingerprint density at radius 2 is 2.00 bits per heavy atom. The number of hydrogen-bond acceptors (Lipinski definition) is 3. The van der Waals surface area contributed by atoms with Gasteiger partial charge in [0.25, 0.3) is 5.91 Å². The predicted octanol–water partition coefficient (Wildman–Crippen LogP) is 4.21. The summed E-state index contributed by atoms with van der Waals surface area (Å²) in [6, 6.07) is 3.87. The standard InChI is InChI=1S/C20H25F5N4O/c1-10(27-19(30)16(23)13(22)9-21)12-2-3-14-15(8-12)29-18(28-14)17(26)11-4-6-20(24,25)7-5-11/h2-3,8,10-11,13,16-17H,4-7,9,26H2,1H3,(H,27,30)(H,28,29)/t10-,13?,16?,17+/m1/s1. The number of halogens is 5. The van der Waals surface area contributed by atoms with Gasteiger partial charge in [0.05, 0.1) is 23.1 Å². The van der Waals surface area contributed by atoms with Crippen molar-refractivity contribution in [3.8, 4) is 0 Å². The molecular formula is C20H25F5N4O. The van der Waals surface area contributed by atoms with Crippen LogP contribution in [0.4, 0.5) is 22.0 Å². The molecule has 3 rings (SSSR count). The first kappa shape index (κ1) is 22.5. The Hall–Kier alpha value is -2.23. The molecule has 0 aliphatic heterocycles. The van der Waals surface area contributed by atoms with Crippen LogP contribution in [-0.4, -0.2) is 40.8 Å². The molecule has 1 aliphatic rings. The van der Waals surface area contributed by atoms with Gasteiger partial charge in [0.1, 0.15) is 12.5 Å². The van der Waals surface area contributed by atoms with Gasteiger partial charge in [-0.3, -0.25) is 4.79 Å². The summed E-state index contributed by atoms with van der Waals surface area (Å²) in [5, 5.41) is 2.31. The topological polar surface area (TPSA) is 83.8 Å². The minimum Gasteiger partial charge on any atom is -0.347 e. The van der Waals surface area contributed by atoms with Gasteiger partial charge in [0.15, 0.2) is 6.17 Å². The van der Waals surface area contributed by atoms with E-state index in [4.69, 9.17) is 5.73 Å². The lowest BCUT2D eigenvalue weighted by atomic mass is 9.82. The lowest BCUT2D eigenvalue weighted by Gasteiger charge is -2.31. The highest BCUT2D eigenvalue weighted by atomic mass is 19.3. The molecule has 4 N–H and O–H groups in total. The van der Waals surface area contributed by atoms with Crippen molar-refractivity contribution in [2.45, 2.75) is 63.0 Å². The quantitative estimate of drug-likeness (QED) is 0.573. The SMILES string of the molecule is C[C@@H](NC(=O)C(F)C(F)CF)c1ccc2[nH]c([C@@H](N)C3CCC(F)(F)CC3)nc2c1. The molecule has 1 heterocycles. The van der Waals surface area contributed by atoms with Gasteiger partial charge in [0.2, 0.25) is 12.1 Å². The Labute approximate surface area is 170 Å². The number of hydrogen-bond donors (Lipinski definition) is 3. The molecule has 5 nitrogen and oxygen atoms in total. The number of carbonyl (C=O) groups excluding carboxylic acids is 1. The number of aromatic nitrogens is 2. The van der Waals surface area contributed by atoms with Crippen molar-refractivity contribution in [1.29, 1.82) is 0 Å². The summed E-state index contributed by atoms with van der Waals surface area (Å²) < 4.78 is 65.5. The van der Waals surface area contributed by atoms with Crippen LogP contribution in [0.1, 0.15) is 56.1 Å². The molecule has 1 amide bonds. The maximum atomic E-state index is 13.5. The van der Waals surface area contributed by atoms with Crippen molar-refractivity contribution < 1.29 is 26.7 Å². The minimum absolute atomic E-state index is 0.103. The van der Waals surface area contributed by atoms with E-state index in [2.05, 4.69) is 15.3 Å². The molecule has 1 saturated carbocycles. The Kier molecular flexibility index (Phi) is 6.64. The van der Waals surface area contributed by atoms with Crippen molar-refractivity contribution in [2.24, 2.45) is 11.7 Å². The van der Waals surface area contributed by atoms with Crippen molar-refractivity contribution in [1.82, 2.24) is 15.3 Å². The van der Waals surface area contributed by atoms with E-state index in [1.165, 1.54) is 0 Å². The van der Waals surface area contributed by atoms with Gasteiger partial charge in [-0.2, -0.15) is 0 Å². The van der Waals surface area contributed by atoms with Crippen molar-refractivity contribution in [2.75, 3.05) is 6.67 Å². The summed E-state index contributed by atoms with van der Waals surface area (Å²) in [4.78, 5) is 19.3. The Morgan fingerprint density at radius 3 is 2.63 bits per heavy atom. The maximum absolute atomic E-state index is 13.5. The summed E-state index contributed by atoms with van der Waals surface area (Å²) in [5.41, 5.74) is 8.06. The molecule has 0 spiro atoms. The average Bonchev–Trinajstić information content (AvgIpc) is 3.15. The number of H-pyrrole nitrogens is 1. The number of imidazole rings is 1. The second-order valence-corrected chi connectivity index (χ2v) is 7.92. The van der Waals surface area contributed by atoms with E-state index in [-0.39, 0.29) is 18.8 Å². The van der Waals surface area contributed by atoms with E-state index in [1.807, 2.05) is 0 Å². The highest BCUT2D eigenvalue weighted by molar-refractivity contribution is 5.82. The van der Waals surface area contributed by atoms with Gasteiger partial charge in [-0.25, -0.2) is 26.9 Å². The second-order valence-electron chi connectivity index (χ2n) is 7.92. The second kappa shape index (κ2) is 8.87. The van der Waals surface area contributed by atoms with Crippen LogP contribution in [-0.2, 0) is 4.79 Å². The van der Waals surface area contributed by atoms with Gasteiger partial charge in [-0.05, 0) is 43.4 Å². The van der Waals surface area contributed by atoms with Gasteiger partial charge in [-0.15, -0.1) is 0 Å². The van der Waals surface area contributed by atoms with Crippen LogP contribution in [0.5, 0.6) is 0 Å². The smallest absolute Gasteiger partial charge is 0.258 e. The molecule has 10 heteroatoms. The number of alkyl halides is 5. The van der Waals surface area contributed by atoms with Gasteiger partial charge >= 0.3 is 0 Å². The Morgan fingerprint density at radius 1 is 1.33 bits per heavy atom. The fourth-order valence-electron chi connectivity index (χ4n) is 3.73. The van der Waals surface area contributed by atoms with Crippen molar-refractivity contribution in [3.05, 3.63) is 29.6 Å². The molecule has 0 bridgehead atoms. The van der Waals surface area contributed by atoms with Gasteiger partial charge in [0, 0.05) is 12.8 Å². The Bertz CT molecular complexity index is 879. The number of nitrogens with two attached hydrogens (primary N) is 1. The number of nitrogens with zero attached hydrogens (tertiary/aromatic N) is 1. The minimum atomic E-state index is -2.63. The van der Waals surface area contributed by atoms with E-state index in [1.54, 1.807) is 25.1 Å². The zero-order valence-corrected chi connectivity index (χ0v) is 16.5. The van der Waals surface area contributed by atoms with Crippen molar-refractivity contribution in [3.63, 3.8) is 0 Å². The molecule has 1 aromatic heterocycles. The zero-order chi connectivity index (χ0) is 22.1. The normalized spacial score (nSPS) is 21.2. The predicted molar refractivity (Wildman–Crippen MR) is 102 cm³/mol. The highest BCUT2D eigenvalue weighted by Gasteiger charge is 2.37. The molecular weight excluding hydrogens is 407 g/mol. The van der Waals surface area contributed by atoms with E-state index in [9.17, 15) is 26.7 Å². The first-order chi connectivity index (χ1) is 14.1. The van der Waals surface area contributed by atoms with Crippen LogP contribution in [0.2, 0.25) is 0 Å². The third-order valence-corrected chi connectivity index (χ3v) is 5.69. The van der Waals surface area contributed by atoms with E-state index >= 15 is 0 Å². The van der Waals surface area contributed by atoms with Crippen LogP contribution >= 0.6 is 0 Å². The number of rotatable bonds is 7. The lowest BCUT2D eigenvalue weighted by molar-refractivity contribution is -0.129. The highest BCUT2D eigenvalue weighted by Crippen LogP contribution is 2.40. The van der Waals surface area contributed by atoms with Gasteiger partial charge in [-0.1, -0.05) is 6.07 Å². The van der Waals surface area contributed by atoms with Crippen LogP contribution in [0.25, 0.3) is 11.0 Å². The van der Waals surface area contributed by atoms with Crippen LogP contribution < -0.4 is 11.1 Å². The van der Waals surface area contributed by atoms with E-state index in [0.717, 1.165) is 0 Å². The number of amides is 1. The van der Waals surface area contributed by atoms with E-state index < -0.39 is 42.9 Å². The average molecular weight is 432 g/mol. The number of carbonyl (C=O) groups is 1. The largest absolute Gasteiger partial charge is 0.347 e. The number of fused-ring (bicyclic) bond motifs is 1. The Balaban J connectivity index is 1.70. The molecule has 1 aromatic carbocycles. The maximum Gasteiger partial charge on any atom is 0.258 e. The number of nitrogens with one attached hydrogen (secondary N) is 2. The summed E-state index contributed by atoms with van der Waals surface area (Å²) >= 11 is 0. The molecule has 1 fully saturated rings. The lowest BCUT2D eigenvalue weighted by Crippen LogP contribution is -2.39. The summed E-state index contributed by atoms with van der Waals surface area (Å²) in [5.74, 6) is -3.48. The molecule has 2 aromatic rings. The van der Waals surface area contributed by atoms with E-state index in [0.29, 0.717) is 35.3 Å². The summed E-state index contributed by atoms with van der Waals surface area (Å²) in [6.45, 7) is -0.000158. The first-order valence-electron chi connectivity index (χ1n) is 9.88. The fourth-order valence-corrected chi connectivity index (χ4v) is 3.73. The van der Waals surface area contributed by atoms with Crippen LogP contribution in [0.3, 0.4) is 0 Å². The number of aromatic amines is 1. The van der Waals surface area contributed by atoms with Crippen LogP contribution in [0, 0.1) is 5.92 Å². The summed E-state index contributed by atoms with van der Waals surface area (Å²) in [6.07, 6.45) is -4.83. The molecule has 1 aliphatic carbocycles. The molecule has 4 atom stereocenters. The third-order valence-electron chi connectivity index (χ3n) is 5.69. The number of benzene rings is 1. The molecule has 2 unspecified atom stereocenters. The summed E-state index contributed by atoms with van der Waals surface area (Å²) in [7, 11) is 0. The van der Waals surface area contributed by atoms with Gasteiger partial charge < -0.3 is 16.0 Å². The fraction of sp³-hybridized carbons (Fsp3) is 0.600.